The van der Waals surface area contributed by atoms with E-state index in [0.717, 1.165) is 50.4 Å². The minimum absolute atomic E-state index is 0.260. The molecule has 3 aliphatic rings. The van der Waals surface area contributed by atoms with Crippen molar-refractivity contribution in [3.8, 4) is 6.01 Å². The molecule has 3 N–H and O–H groups in total. The van der Waals surface area contributed by atoms with Crippen LogP contribution in [0.15, 0.2) is 18.2 Å². The number of aliphatic hydroxyl groups is 1. The van der Waals surface area contributed by atoms with Crippen LogP contribution in [-0.2, 0) is 9.47 Å². The Bertz CT molecular complexity index is 1100. The molecule has 0 saturated carbocycles. The number of rotatable bonds is 8. The lowest BCUT2D eigenvalue weighted by Gasteiger charge is -2.41. The lowest BCUT2D eigenvalue weighted by atomic mass is 9.85. The van der Waals surface area contributed by atoms with Crippen LogP contribution in [0.2, 0.25) is 0 Å². The van der Waals surface area contributed by atoms with Crippen LogP contribution in [0.1, 0.15) is 42.4 Å². The number of piperidine rings is 1. The number of aliphatic hydroxyl groups excluding tert-OH is 1. The van der Waals surface area contributed by atoms with Crippen LogP contribution in [-0.4, -0.2) is 97.5 Å². The molecule has 3 fully saturated rings. The second-order valence-corrected chi connectivity index (χ2v) is 10.3. The standard InChI is InChI=1S/C27H38N6O4/c1-17-10-20(13-28)23(11-22(17)19-4-6-32(7-5-19)21-15-36-16-21)29-25-12-26(31-27(30-25)35-3)33-8-9-37-24(14-33)18(2)34/h10-13,18-19,21,24,28,34H,4-9,14-16H2,1-3H3,(H,29,30,31). The SMILES string of the molecule is COc1nc(Nc2cc(C3CCN(C4COC4)CC3)c(C)cc2C=N)cc(N2CCOC(C(C)O)C2)n1. The maximum Gasteiger partial charge on any atom is 0.320 e. The van der Waals surface area contributed by atoms with Gasteiger partial charge in [0.1, 0.15) is 17.7 Å². The Morgan fingerprint density at radius 2 is 1.97 bits per heavy atom. The predicted molar refractivity (Wildman–Crippen MR) is 143 cm³/mol. The van der Waals surface area contributed by atoms with Crippen molar-refractivity contribution >= 4 is 23.5 Å². The molecule has 10 nitrogen and oxygen atoms in total. The molecule has 37 heavy (non-hydrogen) atoms. The van der Waals surface area contributed by atoms with Crippen LogP contribution in [0, 0.1) is 12.3 Å². The van der Waals surface area contributed by atoms with Gasteiger partial charge in [-0.25, -0.2) is 0 Å². The Morgan fingerprint density at radius 1 is 1.19 bits per heavy atom. The van der Waals surface area contributed by atoms with Crippen LogP contribution < -0.4 is 15.0 Å². The third-order valence-corrected chi connectivity index (χ3v) is 7.79. The number of benzene rings is 1. The van der Waals surface area contributed by atoms with Crippen LogP contribution >= 0.6 is 0 Å². The van der Waals surface area contributed by atoms with E-state index in [4.69, 9.17) is 19.6 Å². The number of morpholine rings is 1. The zero-order valence-electron chi connectivity index (χ0n) is 21.9. The summed E-state index contributed by atoms with van der Waals surface area (Å²) in [5, 5.41) is 21.5. The first kappa shape index (κ1) is 25.8. The fraction of sp³-hybridized carbons (Fsp3) is 0.593. The van der Waals surface area contributed by atoms with Gasteiger partial charge in [0.25, 0.3) is 0 Å². The minimum atomic E-state index is -0.570. The summed E-state index contributed by atoms with van der Waals surface area (Å²) in [6, 6.07) is 7.01. The molecule has 1 aromatic heterocycles. The summed E-state index contributed by atoms with van der Waals surface area (Å²) in [4.78, 5) is 13.7. The normalized spacial score (nSPS) is 22.4. The number of methoxy groups -OCH3 is 1. The third kappa shape index (κ3) is 5.72. The second kappa shape index (κ2) is 11.3. The molecule has 5 rings (SSSR count). The van der Waals surface area contributed by atoms with Gasteiger partial charge >= 0.3 is 6.01 Å². The minimum Gasteiger partial charge on any atom is -0.467 e. The van der Waals surface area contributed by atoms with Crippen LogP contribution in [0.5, 0.6) is 6.01 Å². The molecule has 10 heteroatoms. The molecule has 2 atom stereocenters. The van der Waals surface area contributed by atoms with E-state index >= 15 is 0 Å². The van der Waals surface area contributed by atoms with Crippen LogP contribution in [0.25, 0.3) is 0 Å². The summed E-state index contributed by atoms with van der Waals surface area (Å²) >= 11 is 0. The molecule has 2 aromatic rings. The highest BCUT2D eigenvalue weighted by Gasteiger charge is 2.31. The summed E-state index contributed by atoms with van der Waals surface area (Å²) < 4.78 is 16.5. The van der Waals surface area contributed by atoms with Crippen molar-refractivity contribution in [2.24, 2.45) is 0 Å². The number of likely N-dealkylation sites (tertiary alicyclic amines) is 1. The molecule has 0 spiro atoms. The molecule has 2 unspecified atom stereocenters. The van der Waals surface area contributed by atoms with E-state index in [9.17, 15) is 5.11 Å². The topological polar surface area (TPSA) is 116 Å². The zero-order chi connectivity index (χ0) is 25.9. The molecule has 0 aliphatic carbocycles. The molecule has 1 aromatic carbocycles. The summed E-state index contributed by atoms with van der Waals surface area (Å²) in [5.41, 5.74) is 4.20. The molecule has 200 valence electrons. The Kier molecular flexibility index (Phi) is 7.89. The molecule has 0 radical (unpaired) electrons. The Morgan fingerprint density at radius 3 is 2.62 bits per heavy atom. The zero-order valence-corrected chi connectivity index (χ0v) is 21.9. The van der Waals surface area contributed by atoms with Gasteiger partial charge in [0.2, 0.25) is 0 Å². The summed E-state index contributed by atoms with van der Waals surface area (Å²) in [6.45, 7) is 9.48. The fourth-order valence-corrected chi connectivity index (χ4v) is 5.47. The predicted octanol–water partition coefficient (Wildman–Crippen LogP) is 2.70. The Hall–Kier alpha value is -2.79. The molecular weight excluding hydrogens is 472 g/mol. The number of aromatic nitrogens is 2. The van der Waals surface area contributed by atoms with Crippen molar-refractivity contribution in [3.05, 3.63) is 34.9 Å². The Balaban J connectivity index is 1.38. The number of hydrogen-bond acceptors (Lipinski definition) is 10. The van der Waals surface area contributed by atoms with Gasteiger partial charge in [-0.1, -0.05) is 0 Å². The fourth-order valence-electron chi connectivity index (χ4n) is 5.47. The number of ether oxygens (including phenoxy) is 3. The monoisotopic (exact) mass is 510 g/mol. The number of hydrogen-bond donors (Lipinski definition) is 3. The molecule has 4 heterocycles. The largest absolute Gasteiger partial charge is 0.467 e. The first-order valence-corrected chi connectivity index (χ1v) is 13.2. The second-order valence-electron chi connectivity index (χ2n) is 10.3. The van der Waals surface area contributed by atoms with Crippen molar-refractivity contribution < 1.29 is 19.3 Å². The maximum absolute atomic E-state index is 10.0. The molecule has 0 bridgehead atoms. The van der Waals surface area contributed by atoms with Gasteiger partial charge in [-0.05, 0) is 69.0 Å². The summed E-state index contributed by atoms with van der Waals surface area (Å²) in [5.74, 6) is 1.79. The maximum atomic E-state index is 10.0. The van der Waals surface area contributed by atoms with Crippen molar-refractivity contribution in [1.29, 1.82) is 5.41 Å². The van der Waals surface area contributed by atoms with E-state index in [2.05, 4.69) is 44.1 Å². The van der Waals surface area contributed by atoms with Gasteiger partial charge in [-0.15, -0.1) is 0 Å². The van der Waals surface area contributed by atoms with Gasteiger partial charge < -0.3 is 34.9 Å². The first-order chi connectivity index (χ1) is 17.9. The average molecular weight is 511 g/mol. The number of aryl methyl sites for hydroxylation is 1. The average Bonchev–Trinajstić information content (AvgIpc) is 2.89. The van der Waals surface area contributed by atoms with Crippen LogP contribution in [0.3, 0.4) is 0 Å². The van der Waals surface area contributed by atoms with E-state index in [-0.39, 0.29) is 12.1 Å². The van der Waals surface area contributed by atoms with Crippen molar-refractivity contribution in [3.63, 3.8) is 0 Å². The Labute approximate surface area is 218 Å². The highest BCUT2D eigenvalue weighted by molar-refractivity contribution is 5.88. The third-order valence-electron chi connectivity index (χ3n) is 7.79. The van der Waals surface area contributed by atoms with Gasteiger partial charge in [-0.2, -0.15) is 9.97 Å². The lowest BCUT2D eigenvalue weighted by Crippen LogP contribution is -2.51. The highest BCUT2D eigenvalue weighted by Crippen LogP contribution is 2.35. The number of anilines is 3. The molecule has 0 amide bonds. The van der Waals surface area contributed by atoms with E-state index in [1.54, 1.807) is 14.0 Å². The van der Waals surface area contributed by atoms with Gasteiger partial charge in [-0.3, -0.25) is 4.90 Å². The van der Waals surface area contributed by atoms with E-state index in [0.29, 0.717) is 43.3 Å². The van der Waals surface area contributed by atoms with Crippen molar-refractivity contribution in [2.45, 2.75) is 50.9 Å². The smallest absolute Gasteiger partial charge is 0.320 e. The van der Waals surface area contributed by atoms with Gasteiger partial charge in [0.15, 0.2) is 0 Å². The molecular formula is C27H38N6O4. The van der Waals surface area contributed by atoms with Crippen LogP contribution in [0.4, 0.5) is 17.3 Å². The van der Waals surface area contributed by atoms with E-state index in [1.165, 1.54) is 17.3 Å². The lowest BCUT2D eigenvalue weighted by molar-refractivity contribution is -0.0712. The summed E-state index contributed by atoms with van der Waals surface area (Å²) in [7, 11) is 1.55. The molecule has 3 saturated heterocycles. The van der Waals surface area contributed by atoms with Gasteiger partial charge in [0, 0.05) is 36.6 Å². The van der Waals surface area contributed by atoms with E-state index < -0.39 is 6.10 Å². The van der Waals surface area contributed by atoms with Crippen molar-refractivity contribution in [2.75, 3.05) is 63.3 Å². The quantitative estimate of drug-likeness (QED) is 0.461. The molecule has 3 aliphatic heterocycles. The van der Waals surface area contributed by atoms with Gasteiger partial charge in [0.05, 0.1) is 39.1 Å². The summed E-state index contributed by atoms with van der Waals surface area (Å²) in [6.07, 6.45) is 2.77. The number of nitrogens with one attached hydrogen (secondary N) is 2. The van der Waals surface area contributed by atoms with E-state index in [1.807, 2.05) is 6.07 Å². The highest BCUT2D eigenvalue weighted by atomic mass is 16.5. The number of nitrogens with zero attached hydrogens (tertiary/aromatic N) is 4. The van der Waals surface area contributed by atoms with Crippen molar-refractivity contribution in [1.82, 2.24) is 14.9 Å². The first-order valence-electron chi connectivity index (χ1n) is 13.2.